The van der Waals surface area contributed by atoms with Gasteiger partial charge < -0.3 is 10.6 Å². The Bertz CT molecular complexity index is 699. The Morgan fingerprint density at radius 3 is 2.50 bits per heavy atom. The summed E-state index contributed by atoms with van der Waals surface area (Å²) in [6, 6.07) is 10.5. The van der Waals surface area contributed by atoms with E-state index in [0.29, 0.717) is 11.8 Å². The van der Waals surface area contributed by atoms with E-state index in [4.69, 9.17) is 4.99 Å². The Balaban J connectivity index is 0.00000338. The summed E-state index contributed by atoms with van der Waals surface area (Å²) in [6.07, 6.45) is 0. The predicted molar refractivity (Wildman–Crippen MR) is 123 cm³/mol. The van der Waals surface area contributed by atoms with E-state index in [2.05, 4.69) is 60.8 Å². The zero-order chi connectivity index (χ0) is 18.2. The first kappa shape index (κ1) is 22.8. The molecule has 144 valence electrons. The van der Waals surface area contributed by atoms with Crippen LogP contribution in [-0.2, 0) is 13.6 Å². The monoisotopic (exact) mass is 487 g/mol. The second kappa shape index (κ2) is 11.5. The molecule has 0 radical (unpaired) electrons. The lowest BCUT2D eigenvalue weighted by molar-refractivity contribution is 0.730. The van der Waals surface area contributed by atoms with Crippen molar-refractivity contribution in [3.05, 3.63) is 47.3 Å². The van der Waals surface area contributed by atoms with Crippen LogP contribution in [0, 0.1) is 13.8 Å². The summed E-state index contributed by atoms with van der Waals surface area (Å²) < 4.78 is 1.92. The number of benzene rings is 1. The molecule has 1 atom stereocenters. The van der Waals surface area contributed by atoms with E-state index in [1.165, 1.54) is 16.2 Å². The quantitative estimate of drug-likeness (QED) is 0.269. The van der Waals surface area contributed by atoms with Gasteiger partial charge in [0.2, 0.25) is 0 Å². The standard InChI is InChI=1S/C19H29N5S.HI/c1-6-20-19(22-13-18-15(3)23-24(5)16(18)4)21-12-14(2)25-17-10-8-7-9-11-17;/h7-11,14H,6,12-13H2,1-5H3,(H2,20,21,22);1H. The van der Waals surface area contributed by atoms with E-state index >= 15 is 0 Å². The van der Waals surface area contributed by atoms with Gasteiger partial charge >= 0.3 is 0 Å². The van der Waals surface area contributed by atoms with Crippen molar-refractivity contribution in [1.29, 1.82) is 0 Å². The van der Waals surface area contributed by atoms with Gasteiger partial charge in [0, 0.05) is 41.5 Å². The number of aromatic nitrogens is 2. The number of guanidine groups is 1. The highest BCUT2D eigenvalue weighted by molar-refractivity contribution is 14.0. The molecule has 1 heterocycles. The van der Waals surface area contributed by atoms with Crippen molar-refractivity contribution in [3.8, 4) is 0 Å². The molecule has 0 aliphatic heterocycles. The first-order valence-electron chi connectivity index (χ1n) is 8.74. The lowest BCUT2D eigenvalue weighted by atomic mass is 10.2. The third-order valence-electron chi connectivity index (χ3n) is 4.04. The number of aryl methyl sites for hydroxylation is 2. The first-order chi connectivity index (χ1) is 12.0. The van der Waals surface area contributed by atoms with Crippen molar-refractivity contribution in [2.24, 2.45) is 12.0 Å². The topological polar surface area (TPSA) is 54.2 Å². The number of nitrogens with zero attached hydrogens (tertiary/aromatic N) is 3. The maximum atomic E-state index is 4.73. The third kappa shape index (κ3) is 6.83. The largest absolute Gasteiger partial charge is 0.357 e. The van der Waals surface area contributed by atoms with E-state index in [1.54, 1.807) is 0 Å². The first-order valence-corrected chi connectivity index (χ1v) is 9.62. The molecule has 2 aromatic rings. The summed E-state index contributed by atoms with van der Waals surface area (Å²) in [5, 5.41) is 11.7. The van der Waals surface area contributed by atoms with Crippen molar-refractivity contribution in [2.45, 2.75) is 44.4 Å². The molecule has 0 amide bonds. The van der Waals surface area contributed by atoms with E-state index in [9.17, 15) is 0 Å². The van der Waals surface area contributed by atoms with Crippen LogP contribution in [0.1, 0.15) is 30.8 Å². The molecule has 5 nitrogen and oxygen atoms in total. The minimum Gasteiger partial charge on any atom is -0.357 e. The van der Waals surface area contributed by atoms with Gasteiger partial charge in [-0.25, -0.2) is 4.99 Å². The molecule has 0 fully saturated rings. The average Bonchev–Trinajstić information content (AvgIpc) is 2.83. The van der Waals surface area contributed by atoms with E-state index in [1.807, 2.05) is 36.5 Å². The number of halogens is 1. The van der Waals surface area contributed by atoms with E-state index in [-0.39, 0.29) is 24.0 Å². The molecule has 2 rings (SSSR count). The van der Waals surface area contributed by atoms with Gasteiger partial charge in [0.25, 0.3) is 0 Å². The van der Waals surface area contributed by atoms with Crippen LogP contribution in [0.25, 0.3) is 0 Å². The van der Waals surface area contributed by atoms with Crippen LogP contribution in [0.5, 0.6) is 0 Å². The predicted octanol–water partition coefficient (Wildman–Crippen LogP) is 3.89. The smallest absolute Gasteiger partial charge is 0.191 e. The van der Waals surface area contributed by atoms with E-state index in [0.717, 1.165) is 24.7 Å². The van der Waals surface area contributed by atoms with Crippen molar-refractivity contribution >= 4 is 41.7 Å². The molecule has 0 spiro atoms. The molecule has 0 bridgehead atoms. The summed E-state index contributed by atoms with van der Waals surface area (Å²) in [5.74, 6) is 0.852. The van der Waals surface area contributed by atoms with Gasteiger partial charge in [-0.2, -0.15) is 5.10 Å². The van der Waals surface area contributed by atoms with Crippen LogP contribution in [0.2, 0.25) is 0 Å². The Morgan fingerprint density at radius 2 is 1.92 bits per heavy atom. The Morgan fingerprint density at radius 1 is 1.23 bits per heavy atom. The summed E-state index contributed by atoms with van der Waals surface area (Å²) in [5.41, 5.74) is 3.42. The summed E-state index contributed by atoms with van der Waals surface area (Å²) in [7, 11) is 1.97. The van der Waals surface area contributed by atoms with Crippen LogP contribution in [0.4, 0.5) is 0 Å². The number of nitrogens with one attached hydrogen (secondary N) is 2. The van der Waals surface area contributed by atoms with Crippen LogP contribution in [0.15, 0.2) is 40.2 Å². The molecule has 0 aliphatic carbocycles. The second-order valence-electron chi connectivity index (χ2n) is 6.09. The maximum absolute atomic E-state index is 4.73. The zero-order valence-corrected chi connectivity index (χ0v) is 19.4. The molecule has 7 heteroatoms. The Kier molecular flexibility index (Phi) is 10.1. The lowest BCUT2D eigenvalue weighted by Crippen LogP contribution is -2.40. The van der Waals surface area contributed by atoms with Gasteiger partial charge in [-0.1, -0.05) is 25.1 Å². The number of hydrogen-bond acceptors (Lipinski definition) is 3. The highest BCUT2D eigenvalue weighted by Crippen LogP contribution is 2.21. The molecule has 1 unspecified atom stereocenters. The fourth-order valence-corrected chi connectivity index (χ4v) is 3.51. The van der Waals surface area contributed by atoms with Crippen molar-refractivity contribution < 1.29 is 0 Å². The third-order valence-corrected chi connectivity index (χ3v) is 5.15. The van der Waals surface area contributed by atoms with Crippen LogP contribution >= 0.6 is 35.7 Å². The summed E-state index contributed by atoms with van der Waals surface area (Å²) in [4.78, 5) is 6.02. The van der Waals surface area contributed by atoms with Gasteiger partial charge in [0.05, 0.1) is 12.2 Å². The van der Waals surface area contributed by atoms with Crippen molar-refractivity contribution in [2.75, 3.05) is 13.1 Å². The molecular formula is C19H30IN5S. The minimum absolute atomic E-state index is 0. The summed E-state index contributed by atoms with van der Waals surface area (Å²) >= 11 is 1.87. The highest BCUT2D eigenvalue weighted by Gasteiger charge is 2.10. The highest BCUT2D eigenvalue weighted by atomic mass is 127. The Labute approximate surface area is 178 Å². The molecule has 1 aromatic heterocycles. The van der Waals surface area contributed by atoms with E-state index < -0.39 is 0 Å². The van der Waals surface area contributed by atoms with Crippen molar-refractivity contribution in [3.63, 3.8) is 0 Å². The molecule has 26 heavy (non-hydrogen) atoms. The molecule has 0 aliphatic rings. The molecular weight excluding hydrogens is 457 g/mol. The van der Waals surface area contributed by atoms with Gasteiger partial charge in [-0.15, -0.1) is 35.7 Å². The van der Waals surface area contributed by atoms with Gasteiger partial charge in [-0.3, -0.25) is 4.68 Å². The number of hydrogen-bond donors (Lipinski definition) is 2. The van der Waals surface area contributed by atoms with Crippen LogP contribution in [0.3, 0.4) is 0 Å². The zero-order valence-electron chi connectivity index (χ0n) is 16.2. The lowest BCUT2D eigenvalue weighted by Gasteiger charge is -2.15. The number of thioether (sulfide) groups is 1. The summed E-state index contributed by atoms with van der Waals surface area (Å²) in [6.45, 7) is 10.8. The maximum Gasteiger partial charge on any atom is 0.191 e. The number of aliphatic imine (C=N–C) groups is 1. The number of rotatable bonds is 7. The minimum atomic E-state index is 0. The Hall–Kier alpha value is -1.22. The van der Waals surface area contributed by atoms with Crippen LogP contribution in [-0.4, -0.2) is 34.1 Å². The second-order valence-corrected chi connectivity index (χ2v) is 7.60. The van der Waals surface area contributed by atoms with Crippen LogP contribution < -0.4 is 10.6 Å². The molecule has 2 N–H and O–H groups in total. The molecule has 0 saturated carbocycles. The van der Waals surface area contributed by atoms with Crippen molar-refractivity contribution in [1.82, 2.24) is 20.4 Å². The fraction of sp³-hybridized carbons (Fsp3) is 0.474. The fourth-order valence-electron chi connectivity index (χ4n) is 2.56. The molecule has 1 aromatic carbocycles. The van der Waals surface area contributed by atoms with Gasteiger partial charge in [0.15, 0.2) is 5.96 Å². The average molecular weight is 487 g/mol. The molecule has 0 saturated heterocycles. The van der Waals surface area contributed by atoms with Gasteiger partial charge in [-0.05, 0) is 32.9 Å². The SMILES string of the molecule is CCNC(=NCc1c(C)nn(C)c1C)NCC(C)Sc1ccccc1.I. The van der Waals surface area contributed by atoms with Gasteiger partial charge in [0.1, 0.15) is 0 Å². The normalized spacial score (nSPS) is 12.4.